The molecule has 0 spiro atoms. The topological polar surface area (TPSA) is 4.93 Å². The number of hydrogen-bond donors (Lipinski definition) is 0. The van der Waals surface area contributed by atoms with Gasteiger partial charge < -0.3 is 4.57 Å². The Kier molecular flexibility index (Phi) is 3.42. The van der Waals surface area contributed by atoms with E-state index in [4.69, 9.17) is 0 Å². The summed E-state index contributed by atoms with van der Waals surface area (Å²) in [5, 5.41) is 3.93. The molecule has 5 aromatic rings. The van der Waals surface area contributed by atoms with Crippen molar-refractivity contribution >= 4 is 21.7 Å². The lowest BCUT2D eigenvalue weighted by Crippen LogP contribution is -2.00. The first kappa shape index (κ1) is 15.7. The van der Waals surface area contributed by atoms with Crippen LogP contribution in [-0.2, 0) is 0 Å². The van der Waals surface area contributed by atoms with Crippen molar-refractivity contribution < 1.29 is 0 Å². The zero-order valence-electron chi connectivity index (χ0n) is 15.7. The fourth-order valence-corrected chi connectivity index (χ4v) is 4.40. The second-order valence-electron chi connectivity index (χ2n) is 7.82. The number of aromatic nitrogens is 1. The van der Waals surface area contributed by atoms with Gasteiger partial charge in [-0.15, -0.1) is 0 Å². The van der Waals surface area contributed by atoms with E-state index in [0.717, 1.165) is 0 Å². The number of fused-ring (bicyclic) bond motifs is 2. The summed E-state index contributed by atoms with van der Waals surface area (Å²) >= 11 is 0. The van der Waals surface area contributed by atoms with E-state index in [1.807, 2.05) is 0 Å². The van der Waals surface area contributed by atoms with Crippen LogP contribution in [0.2, 0.25) is 0 Å². The van der Waals surface area contributed by atoms with Crippen LogP contribution in [0.4, 0.5) is 0 Å². The van der Waals surface area contributed by atoms with Crippen LogP contribution >= 0.6 is 0 Å². The van der Waals surface area contributed by atoms with Crippen molar-refractivity contribution in [2.45, 2.75) is 18.8 Å². The number of benzene rings is 4. The van der Waals surface area contributed by atoms with Crippen LogP contribution in [0.1, 0.15) is 24.5 Å². The highest BCUT2D eigenvalue weighted by Gasteiger charge is 2.28. The van der Waals surface area contributed by atoms with Crippen LogP contribution in [0.15, 0.2) is 97.1 Å². The van der Waals surface area contributed by atoms with Gasteiger partial charge in [0.05, 0.1) is 11.2 Å². The average molecular weight is 360 g/mol. The van der Waals surface area contributed by atoms with Crippen LogP contribution in [0.3, 0.4) is 0 Å². The smallest absolute Gasteiger partial charge is 0.0543 e. The number of nitrogens with zero attached hydrogens (tertiary/aromatic N) is 1. The molecule has 1 heterocycles. The Bertz CT molecular complexity index is 1310. The molecule has 1 saturated carbocycles. The van der Waals surface area contributed by atoms with Crippen LogP contribution in [0.25, 0.3) is 38.5 Å². The molecule has 6 rings (SSSR count). The van der Waals surface area contributed by atoms with E-state index in [2.05, 4.69) is 102 Å². The molecular weight excluding hydrogens is 339 g/mol. The molecule has 1 fully saturated rings. The van der Waals surface area contributed by atoms with Crippen molar-refractivity contribution in [3.63, 3.8) is 0 Å². The number of para-hydroxylation sites is 1. The van der Waals surface area contributed by atoms with Crippen molar-refractivity contribution in [2.75, 3.05) is 0 Å². The Balaban J connectivity index is 1.71. The van der Waals surface area contributed by atoms with Crippen molar-refractivity contribution in [1.29, 1.82) is 0 Å². The summed E-state index contributed by atoms with van der Waals surface area (Å²) in [5.41, 5.74) is 6.59. The first-order valence-corrected chi connectivity index (χ1v) is 10.1. The van der Waals surface area contributed by atoms with E-state index < -0.39 is 0 Å². The van der Waals surface area contributed by atoms with Gasteiger partial charge in [0, 0.05) is 16.5 Å². The normalized spacial score (nSPS) is 14.0. The quantitative estimate of drug-likeness (QED) is 0.317. The number of hydrogen-bond acceptors (Lipinski definition) is 0. The summed E-state index contributed by atoms with van der Waals surface area (Å²) in [6.07, 6.45) is 2.60. The zero-order chi connectivity index (χ0) is 18.5. The number of rotatable bonds is 3. The van der Waals surface area contributed by atoms with Gasteiger partial charge in [-0.25, -0.2) is 0 Å². The predicted molar refractivity (Wildman–Crippen MR) is 118 cm³/mol. The van der Waals surface area contributed by atoms with Gasteiger partial charge in [0.2, 0.25) is 0 Å². The standard InChI is InChI=1S/C27H21N/c1-2-8-19(9-3-1)23-16-21-10-4-6-12-24(21)27(18-23)28-25-13-7-5-11-22(25)17-26(28)20-14-15-20/h1-13,16-18,20H,14-15H2/i26+1. The van der Waals surface area contributed by atoms with Gasteiger partial charge in [-0.3, -0.25) is 0 Å². The fraction of sp³-hybridized carbons (Fsp3) is 0.111. The molecule has 0 radical (unpaired) electrons. The van der Waals surface area contributed by atoms with Crippen LogP contribution < -0.4 is 0 Å². The third kappa shape index (κ3) is 2.47. The lowest BCUT2D eigenvalue weighted by atomic mass is 9.99. The molecule has 0 saturated heterocycles. The maximum atomic E-state index is 2.52. The maximum Gasteiger partial charge on any atom is 0.0543 e. The van der Waals surface area contributed by atoms with Gasteiger partial charge in [0.25, 0.3) is 0 Å². The lowest BCUT2D eigenvalue weighted by molar-refractivity contribution is 0.955. The van der Waals surface area contributed by atoms with Crippen molar-refractivity contribution in [2.24, 2.45) is 0 Å². The minimum atomic E-state index is 0.687. The molecular formula is C27H21N. The maximum absolute atomic E-state index is 2.52. The Labute approximate surface area is 164 Å². The Morgan fingerprint density at radius 2 is 1.32 bits per heavy atom. The molecule has 0 N–H and O–H groups in total. The molecule has 28 heavy (non-hydrogen) atoms. The molecule has 1 aliphatic rings. The summed E-state index contributed by atoms with van der Waals surface area (Å²) in [6, 6.07) is 35.3. The molecule has 1 heteroatoms. The van der Waals surface area contributed by atoms with E-state index in [1.54, 1.807) is 0 Å². The Hall–Kier alpha value is -3.32. The van der Waals surface area contributed by atoms with Crippen LogP contribution in [0.5, 0.6) is 0 Å². The van der Waals surface area contributed by atoms with Gasteiger partial charge >= 0.3 is 0 Å². The molecule has 0 amide bonds. The summed E-state index contributed by atoms with van der Waals surface area (Å²) in [7, 11) is 0. The van der Waals surface area contributed by atoms with Crippen molar-refractivity contribution in [1.82, 2.24) is 4.57 Å². The molecule has 134 valence electrons. The largest absolute Gasteiger partial charge is 0.313 e. The molecule has 1 aliphatic carbocycles. The predicted octanol–water partition coefficient (Wildman–Crippen LogP) is 7.33. The molecule has 1 aromatic heterocycles. The van der Waals surface area contributed by atoms with Gasteiger partial charge in [-0.1, -0.05) is 72.8 Å². The van der Waals surface area contributed by atoms with E-state index >= 15 is 0 Å². The second kappa shape index (κ2) is 6.10. The highest BCUT2D eigenvalue weighted by Crippen LogP contribution is 2.44. The molecule has 0 bridgehead atoms. The molecule has 0 aliphatic heterocycles. The van der Waals surface area contributed by atoms with E-state index in [1.165, 1.54) is 57.0 Å². The van der Waals surface area contributed by atoms with Crippen molar-refractivity contribution in [3.05, 3.63) is 103 Å². The van der Waals surface area contributed by atoms with Crippen molar-refractivity contribution in [3.8, 4) is 16.8 Å². The molecule has 1 nitrogen and oxygen atoms in total. The molecule has 0 unspecified atom stereocenters. The molecule has 0 atom stereocenters. The summed E-state index contributed by atoms with van der Waals surface area (Å²) in [5.74, 6) is 0.687. The summed E-state index contributed by atoms with van der Waals surface area (Å²) in [4.78, 5) is 0. The minimum absolute atomic E-state index is 0.687. The highest BCUT2D eigenvalue weighted by molar-refractivity contribution is 5.97. The zero-order valence-corrected chi connectivity index (χ0v) is 15.7. The highest BCUT2D eigenvalue weighted by atomic mass is 15.1. The second-order valence-corrected chi connectivity index (χ2v) is 7.82. The van der Waals surface area contributed by atoms with E-state index in [-0.39, 0.29) is 0 Å². The van der Waals surface area contributed by atoms with Gasteiger partial charge in [0.15, 0.2) is 0 Å². The Morgan fingerprint density at radius 1 is 0.607 bits per heavy atom. The van der Waals surface area contributed by atoms with Crippen LogP contribution in [-0.4, -0.2) is 4.57 Å². The lowest BCUT2D eigenvalue weighted by Gasteiger charge is -2.16. The first-order valence-electron chi connectivity index (χ1n) is 10.1. The van der Waals surface area contributed by atoms with Gasteiger partial charge in [0.1, 0.15) is 0 Å². The Morgan fingerprint density at radius 3 is 2.14 bits per heavy atom. The monoisotopic (exact) mass is 360 g/mol. The van der Waals surface area contributed by atoms with Gasteiger partial charge in [-0.2, -0.15) is 0 Å². The van der Waals surface area contributed by atoms with E-state index in [9.17, 15) is 0 Å². The fourth-order valence-electron chi connectivity index (χ4n) is 4.40. The first-order chi connectivity index (χ1) is 13.9. The molecule has 4 aromatic carbocycles. The van der Waals surface area contributed by atoms with E-state index in [0.29, 0.717) is 5.92 Å². The summed E-state index contributed by atoms with van der Waals surface area (Å²) < 4.78 is 2.52. The third-order valence-electron chi connectivity index (χ3n) is 5.92. The average Bonchev–Trinajstić information content (AvgIpc) is 3.54. The minimum Gasteiger partial charge on any atom is -0.313 e. The summed E-state index contributed by atoms with van der Waals surface area (Å²) in [6.45, 7) is 0. The van der Waals surface area contributed by atoms with Crippen LogP contribution in [0, 0.1) is 0 Å². The third-order valence-corrected chi connectivity index (χ3v) is 5.92. The SMILES string of the molecule is c1ccc(-c2cc(-n3c4ccccc4c[13c]3C3CC3)c3ccccc3c2)cc1. The van der Waals surface area contributed by atoms with Gasteiger partial charge in [-0.05, 0) is 59.5 Å².